The van der Waals surface area contributed by atoms with Crippen LogP contribution in [0.1, 0.15) is 6.42 Å². The van der Waals surface area contributed by atoms with Gasteiger partial charge in [0.2, 0.25) is 11.8 Å². The van der Waals surface area contributed by atoms with Gasteiger partial charge in [0.05, 0.1) is 0 Å². The van der Waals surface area contributed by atoms with Crippen LogP contribution in [0.2, 0.25) is 0 Å². The smallest absolute Gasteiger partial charge is 0.243 e. The van der Waals surface area contributed by atoms with Gasteiger partial charge in [-0.2, -0.15) is 0 Å². The fraction of sp³-hybridized carbons (Fsp3) is 0.188. The molecule has 1 saturated heterocycles. The van der Waals surface area contributed by atoms with Crippen LogP contribution in [0.25, 0.3) is 0 Å². The maximum atomic E-state index is 12.6. The number of hydrogen-bond acceptors (Lipinski definition) is 6. The lowest BCUT2D eigenvalue weighted by Gasteiger charge is -2.13. The molecule has 26 heavy (non-hydrogen) atoms. The van der Waals surface area contributed by atoms with Gasteiger partial charge in [0.1, 0.15) is 17.9 Å². The molecule has 1 N–H and O–H groups in total. The minimum absolute atomic E-state index is 0.0500. The first-order valence-electron chi connectivity index (χ1n) is 7.65. The molecule has 2 amide bonds. The number of nitrogens with zero attached hydrogens (tertiary/aromatic N) is 5. The first-order valence-corrected chi connectivity index (χ1v) is 9.32. The van der Waals surface area contributed by atoms with Crippen molar-refractivity contribution in [1.82, 2.24) is 19.8 Å². The van der Waals surface area contributed by atoms with Gasteiger partial charge in [-0.25, -0.2) is 4.68 Å². The third-order valence-electron chi connectivity index (χ3n) is 3.44. The fourth-order valence-electron chi connectivity index (χ4n) is 2.27. The highest BCUT2D eigenvalue weighted by Gasteiger charge is 2.38. The molecule has 10 heteroatoms. The summed E-state index contributed by atoms with van der Waals surface area (Å²) in [7, 11) is 0. The maximum Gasteiger partial charge on any atom is 0.243 e. The van der Waals surface area contributed by atoms with Crippen LogP contribution in [-0.4, -0.2) is 48.6 Å². The van der Waals surface area contributed by atoms with Crippen molar-refractivity contribution in [3.63, 3.8) is 0 Å². The predicted molar refractivity (Wildman–Crippen MR) is 104 cm³/mol. The molecule has 0 spiro atoms. The molecule has 1 atom stereocenters. The van der Waals surface area contributed by atoms with E-state index in [9.17, 15) is 9.59 Å². The summed E-state index contributed by atoms with van der Waals surface area (Å²) in [6, 6.07) is 7.24. The Labute approximate surface area is 162 Å². The Kier molecular flexibility index (Phi) is 5.84. The Bertz CT molecular complexity index is 837. The van der Waals surface area contributed by atoms with Crippen molar-refractivity contribution in [1.29, 1.82) is 0 Å². The van der Waals surface area contributed by atoms with Crippen LogP contribution in [0, 0.1) is 0 Å². The quantitative estimate of drug-likeness (QED) is 0.704. The molecule has 134 valence electrons. The summed E-state index contributed by atoms with van der Waals surface area (Å²) in [6.45, 7) is 3.98. The molecular formula is C16H15BrN6O2S. The summed E-state index contributed by atoms with van der Waals surface area (Å²) in [5, 5.41) is 14.4. The number of anilines is 1. The molecule has 1 aliphatic rings. The second kappa shape index (κ2) is 8.28. The molecule has 8 nitrogen and oxygen atoms in total. The number of carbonyl (C=O) groups is 2. The zero-order chi connectivity index (χ0) is 18.5. The van der Waals surface area contributed by atoms with Crippen molar-refractivity contribution >= 4 is 50.4 Å². The molecule has 1 aromatic heterocycles. The Hall–Kier alpha value is -2.46. The van der Waals surface area contributed by atoms with Gasteiger partial charge in [-0.1, -0.05) is 33.8 Å². The minimum Gasteiger partial charge on any atom is -0.326 e. The van der Waals surface area contributed by atoms with Crippen LogP contribution < -0.4 is 5.32 Å². The molecule has 0 saturated carbocycles. The number of amides is 2. The number of benzene rings is 1. The molecule has 3 rings (SSSR count). The van der Waals surface area contributed by atoms with Crippen LogP contribution in [-0.2, 0) is 9.59 Å². The molecule has 2 heterocycles. The van der Waals surface area contributed by atoms with Gasteiger partial charge in [-0.05, 0) is 24.3 Å². The number of aromatic nitrogens is 3. The summed E-state index contributed by atoms with van der Waals surface area (Å²) in [5.74, 6) is -0.407. The van der Waals surface area contributed by atoms with Crippen molar-refractivity contribution in [2.75, 3.05) is 11.9 Å². The van der Waals surface area contributed by atoms with Crippen LogP contribution >= 0.6 is 27.7 Å². The lowest BCUT2D eigenvalue weighted by Crippen LogP contribution is -2.33. The SMILES string of the molecule is C=CCN1C(=O)[C@H](CC(=O)Nc2ccc(Br)cc2)S/C1=N\n1cnnc1. The van der Waals surface area contributed by atoms with Crippen LogP contribution in [0.15, 0.2) is 59.1 Å². The standard InChI is InChI=1S/C16H15BrN6O2S/c1-2-7-23-15(25)13(26-16(23)21-22-9-18-19-10-22)8-14(24)20-12-5-3-11(17)4-6-12/h2-6,9-10,13H,1,7-8H2,(H,20,24)/b21-16-/t13-/m0/s1. The first-order chi connectivity index (χ1) is 12.6. The number of nitrogens with one attached hydrogen (secondary N) is 1. The molecule has 0 unspecified atom stereocenters. The van der Waals surface area contributed by atoms with E-state index in [4.69, 9.17) is 0 Å². The third kappa shape index (κ3) is 4.38. The fourth-order valence-corrected chi connectivity index (χ4v) is 3.69. The largest absolute Gasteiger partial charge is 0.326 e. The van der Waals surface area contributed by atoms with E-state index in [-0.39, 0.29) is 18.2 Å². The molecule has 0 aliphatic carbocycles. The summed E-state index contributed by atoms with van der Waals surface area (Å²) < 4.78 is 2.34. The van der Waals surface area contributed by atoms with E-state index in [0.29, 0.717) is 17.4 Å². The Morgan fingerprint density at radius 1 is 1.35 bits per heavy atom. The van der Waals surface area contributed by atoms with Crippen LogP contribution in [0.5, 0.6) is 0 Å². The lowest BCUT2D eigenvalue weighted by molar-refractivity contribution is -0.127. The van der Waals surface area contributed by atoms with Crippen LogP contribution in [0.4, 0.5) is 5.69 Å². The second-order valence-corrected chi connectivity index (χ2v) is 7.41. The van der Waals surface area contributed by atoms with Gasteiger partial charge < -0.3 is 5.32 Å². The zero-order valence-electron chi connectivity index (χ0n) is 13.6. The number of rotatable bonds is 6. The summed E-state index contributed by atoms with van der Waals surface area (Å²) in [6.07, 6.45) is 4.52. The van der Waals surface area contributed by atoms with Crippen LogP contribution in [0.3, 0.4) is 0 Å². The van der Waals surface area contributed by atoms with Crippen molar-refractivity contribution in [2.45, 2.75) is 11.7 Å². The maximum absolute atomic E-state index is 12.6. The average Bonchev–Trinajstić information content (AvgIpc) is 3.22. The predicted octanol–water partition coefficient (Wildman–Crippen LogP) is 2.32. The van der Waals surface area contributed by atoms with Crippen molar-refractivity contribution in [3.8, 4) is 0 Å². The van der Waals surface area contributed by atoms with Gasteiger partial charge in [-0.3, -0.25) is 14.5 Å². The van der Waals surface area contributed by atoms with Crippen molar-refractivity contribution in [3.05, 3.63) is 54.0 Å². The molecular weight excluding hydrogens is 420 g/mol. The number of hydrogen-bond donors (Lipinski definition) is 1. The second-order valence-electron chi connectivity index (χ2n) is 5.33. The van der Waals surface area contributed by atoms with Gasteiger partial charge in [0, 0.05) is 23.1 Å². The highest BCUT2D eigenvalue weighted by atomic mass is 79.9. The molecule has 1 fully saturated rings. The van der Waals surface area contributed by atoms with Crippen molar-refractivity contribution < 1.29 is 9.59 Å². The van der Waals surface area contributed by atoms with E-state index < -0.39 is 5.25 Å². The lowest BCUT2D eigenvalue weighted by atomic mass is 10.2. The molecule has 0 radical (unpaired) electrons. The van der Waals surface area contributed by atoms with Gasteiger partial charge in [-0.15, -0.1) is 21.9 Å². The van der Waals surface area contributed by atoms with E-state index in [0.717, 1.165) is 4.47 Å². The third-order valence-corrected chi connectivity index (χ3v) is 5.13. The molecule has 1 aromatic carbocycles. The van der Waals surface area contributed by atoms with Gasteiger partial charge >= 0.3 is 0 Å². The Morgan fingerprint density at radius 3 is 2.69 bits per heavy atom. The zero-order valence-corrected chi connectivity index (χ0v) is 16.0. The van der Waals surface area contributed by atoms with Crippen molar-refractivity contribution in [2.24, 2.45) is 5.10 Å². The average molecular weight is 435 g/mol. The number of amidine groups is 1. The van der Waals surface area contributed by atoms with Gasteiger partial charge in [0.25, 0.3) is 0 Å². The summed E-state index contributed by atoms with van der Waals surface area (Å²) in [5.41, 5.74) is 0.676. The minimum atomic E-state index is -0.541. The normalized spacial score (nSPS) is 18.3. The first kappa shape index (κ1) is 18.3. The Morgan fingerprint density at radius 2 is 2.04 bits per heavy atom. The van der Waals surface area contributed by atoms with E-state index >= 15 is 0 Å². The monoisotopic (exact) mass is 434 g/mol. The van der Waals surface area contributed by atoms with E-state index in [1.807, 2.05) is 12.1 Å². The summed E-state index contributed by atoms with van der Waals surface area (Å²) in [4.78, 5) is 26.4. The highest BCUT2D eigenvalue weighted by molar-refractivity contribution is 9.10. The number of thioether (sulfide) groups is 1. The molecule has 1 aliphatic heterocycles. The molecule has 0 bridgehead atoms. The van der Waals surface area contributed by atoms with E-state index in [2.05, 4.69) is 43.1 Å². The van der Waals surface area contributed by atoms with E-state index in [1.54, 1.807) is 18.2 Å². The summed E-state index contributed by atoms with van der Waals surface area (Å²) >= 11 is 4.58. The highest BCUT2D eigenvalue weighted by Crippen LogP contribution is 2.30. The van der Waals surface area contributed by atoms with Gasteiger partial charge in [0.15, 0.2) is 5.17 Å². The Balaban J connectivity index is 1.69. The molecule has 2 aromatic rings. The van der Waals surface area contributed by atoms with E-state index in [1.165, 1.54) is 34.0 Å². The number of carbonyl (C=O) groups excluding carboxylic acids is 2. The topological polar surface area (TPSA) is 92.5 Å². The number of halogens is 1.